The molecule has 2 aromatic carbocycles. The highest BCUT2D eigenvalue weighted by Gasteiger charge is 2.28. The zero-order valence-electron chi connectivity index (χ0n) is 22.1. The Morgan fingerprint density at radius 3 is 2.18 bits per heavy atom. The summed E-state index contributed by atoms with van der Waals surface area (Å²) >= 11 is 18.9. The number of ether oxygens (including phenoxy) is 1. The predicted octanol–water partition coefficient (Wildman–Crippen LogP) is 5.39. The second kappa shape index (κ2) is 14.3. The van der Waals surface area contributed by atoms with Gasteiger partial charge in [-0.15, -0.1) is 0 Å². The minimum absolute atomic E-state index is 0.0141. The Kier molecular flexibility index (Phi) is 12.0. The van der Waals surface area contributed by atoms with Crippen LogP contribution in [0.1, 0.15) is 39.2 Å². The molecule has 38 heavy (non-hydrogen) atoms. The van der Waals surface area contributed by atoms with E-state index in [4.69, 9.17) is 39.5 Å². The van der Waals surface area contributed by atoms with Crippen LogP contribution < -0.4 is 14.4 Å². The van der Waals surface area contributed by atoms with Gasteiger partial charge < -0.3 is 15.0 Å². The van der Waals surface area contributed by atoms with Gasteiger partial charge in [0, 0.05) is 41.7 Å². The first-order valence-corrected chi connectivity index (χ1v) is 15.1. The molecule has 12 heteroatoms. The van der Waals surface area contributed by atoms with Crippen molar-refractivity contribution in [3.63, 3.8) is 0 Å². The minimum atomic E-state index is -3.67. The number of carbonyl (C=O) groups excluding carboxylic acids is 2. The van der Waals surface area contributed by atoms with Crippen LogP contribution in [0.25, 0.3) is 0 Å². The maximum absolute atomic E-state index is 13.4. The average molecular weight is 607 g/mol. The summed E-state index contributed by atoms with van der Waals surface area (Å²) in [5.74, 6) is 0.00894. The van der Waals surface area contributed by atoms with Crippen LogP contribution in [0.2, 0.25) is 15.1 Å². The van der Waals surface area contributed by atoms with E-state index in [1.54, 1.807) is 37.3 Å². The van der Waals surface area contributed by atoms with Gasteiger partial charge in [0.15, 0.2) is 0 Å². The van der Waals surface area contributed by atoms with Crippen molar-refractivity contribution < 1.29 is 22.7 Å². The third-order valence-electron chi connectivity index (χ3n) is 5.82. The molecule has 0 fully saturated rings. The molecule has 1 N–H and O–H groups in total. The van der Waals surface area contributed by atoms with E-state index in [0.29, 0.717) is 33.6 Å². The lowest BCUT2D eigenvalue weighted by Gasteiger charge is -2.30. The Morgan fingerprint density at radius 2 is 1.66 bits per heavy atom. The highest BCUT2D eigenvalue weighted by atomic mass is 35.5. The van der Waals surface area contributed by atoms with Crippen molar-refractivity contribution in [2.45, 2.75) is 46.2 Å². The Morgan fingerprint density at radius 1 is 1.03 bits per heavy atom. The van der Waals surface area contributed by atoms with Crippen LogP contribution in [-0.2, 0) is 26.2 Å². The number of carbonyl (C=O) groups is 2. The number of nitrogens with one attached hydrogen (secondary N) is 1. The molecule has 0 aliphatic heterocycles. The molecule has 2 aromatic rings. The van der Waals surface area contributed by atoms with E-state index in [0.717, 1.165) is 6.26 Å². The summed E-state index contributed by atoms with van der Waals surface area (Å²) in [6.07, 6.45) is 1.27. The summed E-state index contributed by atoms with van der Waals surface area (Å²) in [6.45, 7) is 6.10. The number of hydrogen-bond donors (Lipinski definition) is 1. The molecule has 8 nitrogen and oxygen atoms in total. The molecule has 0 heterocycles. The summed E-state index contributed by atoms with van der Waals surface area (Å²) in [5.41, 5.74) is 0.880. The number of nitrogens with zero attached hydrogens (tertiary/aromatic N) is 2. The van der Waals surface area contributed by atoms with Crippen molar-refractivity contribution in [1.82, 2.24) is 10.2 Å². The lowest BCUT2D eigenvalue weighted by atomic mass is 10.1. The number of hydrogen-bond acceptors (Lipinski definition) is 5. The second-order valence-electron chi connectivity index (χ2n) is 9.29. The number of rotatable bonds is 13. The highest BCUT2D eigenvalue weighted by Crippen LogP contribution is 2.31. The minimum Gasteiger partial charge on any atom is -0.495 e. The SMILES string of the molecule is COc1ccc(N(CCCC(=O)N(Cc2c(Cl)cccc2Cl)C(C)C(=O)NCC(C)C)S(C)(=O)=O)cc1Cl. The zero-order chi connectivity index (χ0) is 28.6. The van der Waals surface area contributed by atoms with Crippen LogP contribution in [0.15, 0.2) is 36.4 Å². The number of amides is 2. The molecule has 0 aromatic heterocycles. The molecule has 2 amide bonds. The number of methoxy groups -OCH3 is 1. The van der Waals surface area contributed by atoms with Gasteiger partial charge in [0.25, 0.3) is 0 Å². The quantitative estimate of drug-likeness (QED) is 0.330. The Bertz CT molecular complexity index is 1220. The predicted molar refractivity (Wildman–Crippen MR) is 154 cm³/mol. The molecule has 210 valence electrons. The number of sulfonamides is 1. The van der Waals surface area contributed by atoms with Crippen LogP contribution in [0.4, 0.5) is 5.69 Å². The first-order valence-electron chi connectivity index (χ1n) is 12.1. The second-order valence-corrected chi connectivity index (χ2v) is 12.4. The Hall–Kier alpha value is -2.20. The fourth-order valence-electron chi connectivity index (χ4n) is 3.70. The van der Waals surface area contributed by atoms with Crippen molar-refractivity contribution in [1.29, 1.82) is 0 Å². The molecule has 0 aliphatic carbocycles. The van der Waals surface area contributed by atoms with Gasteiger partial charge >= 0.3 is 0 Å². The monoisotopic (exact) mass is 605 g/mol. The average Bonchev–Trinajstić information content (AvgIpc) is 2.83. The number of benzene rings is 2. The largest absolute Gasteiger partial charge is 0.495 e. The molecule has 0 saturated heterocycles. The molecule has 0 saturated carbocycles. The van der Waals surface area contributed by atoms with Crippen molar-refractivity contribution in [3.05, 3.63) is 57.0 Å². The summed E-state index contributed by atoms with van der Waals surface area (Å²) in [6, 6.07) is 8.88. The van der Waals surface area contributed by atoms with Gasteiger partial charge in [-0.1, -0.05) is 54.7 Å². The van der Waals surface area contributed by atoms with Gasteiger partial charge in [0.05, 0.1) is 24.1 Å². The van der Waals surface area contributed by atoms with Gasteiger partial charge in [-0.3, -0.25) is 13.9 Å². The topological polar surface area (TPSA) is 96.0 Å². The zero-order valence-corrected chi connectivity index (χ0v) is 25.2. The fourth-order valence-corrected chi connectivity index (χ4v) is 5.43. The first-order chi connectivity index (χ1) is 17.8. The molecule has 0 bridgehead atoms. The Labute approximate surface area is 240 Å². The van der Waals surface area contributed by atoms with E-state index in [1.807, 2.05) is 13.8 Å². The lowest BCUT2D eigenvalue weighted by Crippen LogP contribution is -2.48. The van der Waals surface area contributed by atoms with Crippen LogP contribution in [0, 0.1) is 5.92 Å². The standard InChI is InChI=1S/C26H34Cl3N3O5S/c1-17(2)15-30-26(34)18(3)31(16-20-21(27)8-6-9-22(20)28)25(33)10-7-13-32(38(5,35)36)19-11-12-24(37-4)23(29)14-19/h6,8-9,11-12,14,17-18H,7,10,13,15-16H2,1-5H3,(H,30,34). The number of anilines is 1. The van der Waals surface area contributed by atoms with Gasteiger partial charge in [0.2, 0.25) is 21.8 Å². The van der Waals surface area contributed by atoms with Crippen LogP contribution in [0.5, 0.6) is 5.75 Å². The van der Waals surface area contributed by atoms with E-state index in [9.17, 15) is 18.0 Å². The smallest absolute Gasteiger partial charge is 0.242 e. The van der Waals surface area contributed by atoms with Crippen LogP contribution in [-0.4, -0.2) is 57.6 Å². The first kappa shape index (κ1) is 32.0. The molecule has 0 aliphatic rings. The fraction of sp³-hybridized carbons (Fsp3) is 0.462. The van der Waals surface area contributed by atoms with E-state index >= 15 is 0 Å². The van der Waals surface area contributed by atoms with Crippen LogP contribution >= 0.6 is 34.8 Å². The third kappa shape index (κ3) is 8.93. The van der Waals surface area contributed by atoms with E-state index < -0.39 is 16.1 Å². The summed E-state index contributed by atoms with van der Waals surface area (Å²) in [4.78, 5) is 27.7. The maximum atomic E-state index is 13.4. The lowest BCUT2D eigenvalue weighted by molar-refractivity contribution is -0.140. The molecule has 1 atom stereocenters. The maximum Gasteiger partial charge on any atom is 0.242 e. The van der Waals surface area contributed by atoms with Gasteiger partial charge in [-0.25, -0.2) is 8.42 Å². The van der Waals surface area contributed by atoms with Crippen LogP contribution in [0.3, 0.4) is 0 Å². The van der Waals surface area contributed by atoms with E-state index in [2.05, 4.69) is 5.32 Å². The number of halogens is 3. The van der Waals surface area contributed by atoms with Crippen molar-refractivity contribution in [2.24, 2.45) is 5.92 Å². The summed E-state index contributed by atoms with van der Waals surface area (Å²) in [5, 5.41) is 3.87. The van der Waals surface area contributed by atoms with E-state index in [-0.39, 0.29) is 48.7 Å². The highest BCUT2D eigenvalue weighted by molar-refractivity contribution is 7.92. The van der Waals surface area contributed by atoms with Gasteiger partial charge in [-0.2, -0.15) is 0 Å². The summed E-state index contributed by atoms with van der Waals surface area (Å²) in [7, 11) is -2.20. The molecular weight excluding hydrogens is 573 g/mol. The molecule has 0 radical (unpaired) electrons. The molecular formula is C26H34Cl3N3O5S. The Balaban J connectivity index is 2.24. The van der Waals surface area contributed by atoms with Gasteiger partial charge in [0.1, 0.15) is 11.8 Å². The van der Waals surface area contributed by atoms with Gasteiger partial charge in [-0.05, 0) is 49.6 Å². The molecule has 1 unspecified atom stereocenters. The van der Waals surface area contributed by atoms with Crippen molar-refractivity contribution in [2.75, 3.05) is 30.8 Å². The molecule has 0 spiro atoms. The normalized spacial score (nSPS) is 12.2. The molecule has 2 rings (SSSR count). The third-order valence-corrected chi connectivity index (χ3v) is 8.02. The van der Waals surface area contributed by atoms with Crippen molar-refractivity contribution in [3.8, 4) is 5.75 Å². The van der Waals surface area contributed by atoms with Crippen molar-refractivity contribution >= 4 is 62.3 Å². The van der Waals surface area contributed by atoms with E-state index in [1.165, 1.54) is 22.4 Å². The summed E-state index contributed by atoms with van der Waals surface area (Å²) < 4.78 is 31.4.